The number of ether oxygens (including phenoxy) is 3. The number of fused-ring (bicyclic) bond motifs is 1. The third-order valence-electron chi connectivity index (χ3n) is 6.66. The number of aromatic nitrogens is 2. The van der Waals surface area contributed by atoms with Gasteiger partial charge in [-0.15, -0.1) is 0 Å². The summed E-state index contributed by atoms with van der Waals surface area (Å²) in [4.78, 5) is 33.4. The molecule has 0 aliphatic carbocycles. The molecule has 3 aromatic rings. The lowest BCUT2D eigenvalue weighted by molar-refractivity contribution is -0.119. The van der Waals surface area contributed by atoms with Gasteiger partial charge in [-0.2, -0.15) is 0 Å². The van der Waals surface area contributed by atoms with Crippen molar-refractivity contribution in [2.45, 2.75) is 30.6 Å². The molecule has 1 amide bonds. The highest BCUT2D eigenvalue weighted by molar-refractivity contribution is 7.99. The Kier molecular flexibility index (Phi) is 8.28. The van der Waals surface area contributed by atoms with Crippen molar-refractivity contribution >= 4 is 34.3 Å². The first-order valence-electron chi connectivity index (χ1n) is 12.6. The average molecular weight is 525 g/mol. The molecule has 1 atom stereocenters. The zero-order chi connectivity index (χ0) is 25.6. The van der Waals surface area contributed by atoms with Gasteiger partial charge in [-0.3, -0.25) is 14.2 Å². The van der Waals surface area contributed by atoms with Crippen LogP contribution in [0.15, 0.2) is 52.4 Å². The van der Waals surface area contributed by atoms with Crippen LogP contribution in [0.4, 0.5) is 5.69 Å². The molecule has 2 saturated heterocycles. The second-order valence-corrected chi connectivity index (χ2v) is 10.1. The van der Waals surface area contributed by atoms with Crippen LogP contribution >= 0.6 is 11.8 Å². The van der Waals surface area contributed by atoms with Gasteiger partial charge < -0.3 is 24.4 Å². The Labute approximate surface area is 220 Å². The highest BCUT2D eigenvalue weighted by atomic mass is 32.2. The molecular formula is C27H32N4O5S. The van der Waals surface area contributed by atoms with Gasteiger partial charge >= 0.3 is 0 Å². The molecule has 0 radical (unpaired) electrons. The number of thioether (sulfide) groups is 1. The standard InChI is InChI=1S/C27H32N4O5S/c1-34-21-7-4-19(5-8-21)17-31-26(33)23-15-20(30-10-13-35-14-11-30)6-9-24(23)29-27(31)37-18-25(32)28-16-22-3-2-12-36-22/h4-9,15,22H,2-3,10-14,16-18H2,1H3,(H,28,32). The van der Waals surface area contributed by atoms with Crippen LogP contribution in [-0.2, 0) is 20.8 Å². The Morgan fingerprint density at radius 2 is 1.97 bits per heavy atom. The maximum Gasteiger partial charge on any atom is 0.262 e. The zero-order valence-corrected chi connectivity index (χ0v) is 21.8. The lowest BCUT2D eigenvalue weighted by Gasteiger charge is -2.29. The van der Waals surface area contributed by atoms with Crippen molar-refractivity contribution in [2.75, 3.05) is 57.2 Å². The number of hydrogen-bond donors (Lipinski definition) is 1. The van der Waals surface area contributed by atoms with E-state index in [-0.39, 0.29) is 23.3 Å². The fourth-order valence-corrected chi connectivity index (χ4v) is 5.41. The molecule has 1 aromatic heterocycles. The molecule has 1 N–H and O–H groups in total. The molecule has 0 saturated carbocycles. The van der Waals surface area contributed by atoms with E-state index < -0.39 is 0 Å². The fourth-order valence-electron chi connectivity index (χ4n) is 4.58. The van der Waals surface area contributed by atoms with Crippen molar-refractivity contribution in [2.24, 2.45) is 0 Å². The number of hydrogen-bond acceptors (Lipinski definition) is 8. The number of carbonyl (C=O) groups excluding carboxylic acids is 1. The Bertz CT molecular complexity index is 1280. The van der Waals surface area contributed by atoms with Crippen molar-refractivity contribution in [3.05, 3.63) is 58.4 Å². The molecule has 9 nitrogen and oxygen atoms in total. The van der Waals surface area contributed by atoms with E-state index in [0.717, 1.165) is 49.5 Å². The van der Waals surface area contributed by atoms with Crippen LogP contribution in [0.1, 0.15) is 18.4 Å². The Morgan fingerprint density at radius 3 is 2.70 bits per heavy atom. The van der Waals surface area contributed by atoms with Crippen LogP contribution in [0.5, 0.6) is 5.75 Å². The van der Waals surface area contributed by atoms with Crippen molar-refractivity contribution in [1.29, 1.82) is 0 Å². The summed E-state index contributed by atoms with van der Waals surface area (Å²) in [6.07, 6.45) is 2.08. The van der Waals surface area contributed by atoms with Crippen LogP contribution in [0, 0.1) is 0 Å². The molecule has 2 fully saturated rings. The minimum atomic E-state index is -0.127. The summed E-state index contributed by atoms with van der Waals surface area (Å²) in [6, 6.07) is 13.4. The summed E-state index contributed by atoms with van der Waals surface area (Å²) >= 11 is 1.27. The van der Waals surface area contributed by atoms with Gasteiger partial charge in [0.15, 0.2) is 5.16 Å². The minimum absolute atomic E-state index is 0.0849. The van der Waals surface area contributed by atoms with Gasteiger partial charge in [-0.1, -0.05) is 23.9 Å². The van der Waals surface area contributed by atoms with E-state index in [1.54, 1.807) is 11.7 Å². The highest BCUT2D eigenvalue weighted by Crippen LogP contribution is 2.24. The molecule has 2 aliphatic heterocycles. The number of amides is 1. The SMILES string of the molecule is COc1ccc(Cn2c(SCC(=O)NCC3CCCO3)nc3ccc(N4CCOCC4)cc3c2=O)cc1. The number of carbonyl (C=O) groups is 1. The van der Waals surface area contributed by atoms with Crippen LogP contribution in [-0.4, -0.2) is 73.9 Å². The monoisotopic (exact) mass is 524 g/mol. The van der Waals surface area contributed by atoms with Crippen molar-refractivity contribution in [3.8, 4) is 5.75 Å². The molecule has 10 heteroatoms. The quantitative estimate of drug-likeness (QED) is 0.337. The summed E-state index contributed by atoms with van der Waals surface area (Å²) < 4.78 is 18.0. The van der Waals surface area contributed by atoms with Crippen LogP contribution in [0.2, 0.25) is 0 Å². The van der Waals surface area contributed by atoms with Gasteiger partial charge in [0.05, 0.1) is 49.6 Å². The number of anilines is 1. The van der Waals surface area contributed by atoms with Crippen molar-refractivity contribution < 1.29 is 19.0 Å². The molecule has 0 bridgehead atoms. The lowest BCUT2D eigenvalue weighted by Crippen LogP contribution is -2.36. The van der Waals surface area contributed by atoms with E-state index in [2.05, 4.69) is 10.2 Å². The van der Waals surface area contributed by atoms with E-state index in [9.17, 15) is 9.59 Å². The molecule has 196 valence electrons. The molecule has 5 rings (SSSR count). The summed E-state index contributed by atoms with van der Waals surface area (Å²) in [5.74, 6) is 0.813. The van der Waals surface area contributed by atoms with E-state index in [1.807, 2.05) is 42.5 Å². The van der Waals surface area contributed by atoms with Crippen LogP contribution in [0.25, 0.3) is 10.9 Å². The topological polar surface area (TPSA) is 94.9 Å². The number of nitrogens with one attached hydrogen (secondary N) is 1. The molecule has 2 aromatic carbocycles. The second-order valence-electron chi connectivity index (χ2n) is 9.16. The van der Waals surface area contributed by atoms with E-state index in [1.165, 1.54) is 11.8 Å². The molecule has 1 unspecified atom stereocenters. The molecule has 0 spiro atoms. The van der Waals surface area contributed by atoms with E-state index in [4.69, 9.17) is 19.2 Å². The van der Waals surface area contributed by atoms with Crippen LogP contribution < -0.4 is 20.5 Å². The predicted octanol–water partition coefficient (Wildman–Crippen LogP) is 2.68. The average Bonchev–Trinajstić information content (AvgIpc) is 3.47. The number of nitrogens with zero attached hydrogens (tertiary/aromatic N) is 3. The van der Waals surface area contributed by atoms with Crippen molar-refractivity contribution in [3.63, 3.8) is 0 Å². The largest absolute Gasteiger partial charge is 0.497 e. The van der Waals surface area contributed by atoms with E-state index >= 15 is 0 Å². The number of rotatable bonds is 9. The summed E-state index contributed by atoms with van der Waals surface area (Å²) in [7, 11) is 1.62. The van der Waals surface area contributed by atoms with Gasteiger partial charge in [0, 0.05) is 31.9 Å². The Balaban J connectivity index is 1.41. The van der Waals surface area contributed by atoms with Gasteiger partial charge in [0.2, 0.25) is 5.91 Å². The minimum Gasteiger partial charge on any atom is -0.497 e. The van der Waals surface area contributed by atoms with E-state index in [0.29, 0.717) is 42.4 Å². The van der Waals surface area contributed by atoms with Gasteiger partial charge in [-0.05, 0) is 48.7 Å². The molecular weight excluding hydrogens is 492 g/mol. The molecule has 37 heavy (non-hydrogen) atoms. The molecule has 2 aliphatic rings. The number of morpholine rings is 1. The molecule has 3 heterocycles. The smallest absolute Gasteiger partial charge is 0.262 e. The maximum atomic E-state index is 13.8. The van der Waals surface area contributed by atoms with Gasteiger partial charge in [0.1, 0.15) is 5.75 Å². The zero-order valence-electron chi connectivity index (χ0n) is 21.0. The van der Waals surface area contributed by atoms with Crippen LogP contribution in [0.3, 0.4) is 0 Å². The maximum absolute atomic E-state index is 13.8. The summed E-state index contributed by atoms with van der Waals surface area (Å²) in [5, 5.41) is 4.02. The van der Waals surface area contributed by atoms with Crippen molar-refractivity contribution in [1.82, 2.24) is 14.9 Å². The third kappa shape index (κ3) is 6.26. The number of benzene rings is 2. The first kappa shape index (κ1) is 25.6. The fraction of sp³-hybridized carbons (Fsp3) is 0.444. The highest BCUT2D eigenvalue weighted by Gasteiger charge is 2.19. The number of methoxy groups -OCH3 is 1. The summed E-state index contributed by atoms with van der Waals surface area (Å²) in [5.41, 5.74) is 2.42. The van der Waals surface area contributed by atoms with Gasteiger partial charge in [0.25, 0.3) is 5.56 Å². The second kappa shape index (κ2) is 12.0. The third-order valence-corrected chi connectivity index (χ3v) is 7.64. The first-order chi connectivity index (χ1) is 18.1. The predicted molar refractivity (Wildman–Crippen MR) is 144 cm³/mol. The van der Waals surface area contributed by atoms with Gasteiger partial charge in [-0.25, -0.2) is 4.98 Å². The Hall–Kier alpha value is -3.08. The first-order valence-corrected chi connectivity index (χ1v) is 13.6. The lowest BCUT2D eigenvalue weighted by atomic mass is 10.2. The normalized spacial score (nSPS) is 17.8. The Morgan fingerprint density at radius 1 is 1.16 bits per heavy atom. The summed E-state index contributed by atoms with van der Waals surface area (Å²) in [6.45, 7) is 4.51.